The number of esters is 1. The van der Waals surface area contributed by atoms with Crippen LogP contribution in [0.4, 0.5) is 5.69 Å². The second-order valence-electron chi connectivity index (χ2n) is 5.17. The summed E-state index contributed by atoms with van der Waals surface area (Å²) < 4.78 is 7.79. The first-order valence-electron chi connectivity index (χ1n) is 7.14. The summed E-state index contributed by atoms with van der Waals surface area (Å²) in [5, 5.41) is 4.63. The van der Waals surface area contributed by atoms with Crippen molar-refractivity contribution in [3.05, 3.63) is 51.7 Å². The van der Waals surface area contributed by atoms with Gasteiger partial charge in [-0.15, -0.1) is 11.3 Å². The third-order valence-electron chi connectivity index (χ3n) is 3.30. The van der Waals surface area contributed by atoms with Gasteiger partial charge < -0.3 is 10.1 Å². The Kier molecular flexibility index (Phi) is 4.96. The summed E-state index contributed by atoms with van der Waals surface area (Å²) >= 11 is 4.85. The molecule has 3 rings (SSSR count). The zero-order valence-electron chi connectivity index (χ0n) is 12.8. The molecule has 1 N–H and O–H groups in total. The highest BCUT2D eigenvalue weighted by Gasteiger charge is 2.12. The molecule has 0 atom stereocenters. The van der Waals surface area contributed by atoms with E-state index in [1.54, 1.807) is 12.3 Å². The number of benzene rings is 1. The maximum atomic E-state index is 11.9. The Hall–Kier alpha value is -2.19. The number of ether oxygens (including phenoxy) is 1. The summed E-state index contributed by atoms with van der Waals surface area (Å²) in [5.41, 5.74) is 2.23. The summed E-state index contributed by atoms with van der Waals surface area (Å²) in [5.74, 6) is -0.858. The molecule has 6 nitrogen and oxygen atoms in total. The lowest BCUT2D eigenvalue weighted by Crippen LogP contribution is -2.22. The number of fused-ring (bicyclic) bond motifs is 1. The Balaban J connectivity index is 1.50. The lowest BCUT2D eigenvalue weighted by atomic mass is 10.2. The van der Waals surface area contributed by atoms with Gasteiger partial charge in [-0.3, -0.25) is 14.0 Å². The molecule has 0 saturated carbocycles. The predicted molar refractivity (Wildman–Crippen MR) is 95.2 cm³/mol. The Morgan fingerprint density at radius 3 is 3.00 bits per heavy atom. The van der Waals surface area contributed by atoms with Crippen LogP contribution in [0.5, 0.6) is 0 Å². The van der Waals surface area contributed by atoms with E-state index in [1.165, 1.54) is 11.3 Å². The van der Waals surface area contributed by atoms with E-state index < -0.39 is 5.97 Å². The minimum absolute atomic E-state index is 0.0407. The number of halogens is 1. The maximum absolute atomic E-state index is 11.9. The van der Waals surface area contributed by atoms with Crippen LogP contribution < -0.4 is 5.32 Å². The molecule has 0 spiro atoms. The summed E-state index contributed by atoms with van der Waals surface area (Å²) in [4.78, 5) is 28.8. The van der Waals surface area contributed by atoms with Crippen LogP contribution in [0.1, 0.15) is 11.3 Å². The number of hydrogen-bond donors (Lipinski definition) is 1. The Morgan fingerprint density at radius 2 is 2.25 bits per heavy atom. The number of aryl methyl sites for hydroxylation is 1. The number of aromatic nitrogens is 2. The van der Waals surface area contributed by atoms with Crippen molar-refractivity contribution in [1.29, 1.82) is 0 Å². The van der Waals surface area contributed by atoms with Crippen LogP contribution in [0.2, 0.25) is 0 Å². The van der Waals surface area contributed by atoms with Crippen molar-refractivity contribution in [2.24, 2.45) is 0 Å². The molecule has 2 heterocycles. The zero-order valence-corrected chi connectivity index (χ0v) is 15.2. The third kappa shape index (κ3) is 4.01. The van der Waals surface area contributed by atoms with E-state index in [0.717, 1.165) is 15.0 Å². The van der Waals surface area contributed by atoms with Gasteiger partial charge in [-0.05, 0) is 30.7 Å². The average molecular weight is 408 g/mol. The number of carbonyl (C=O) groups excluding carboxylic acids is 2. The van der Waals surface area contributed by atoms with Crippen LogP contribution >= 0.6 is 27.3 Å². The van der Waals surface area contributed by atoms with Crippen LogP contribution in [-0.4, -0.2) is 27.9 Å². The van der Waals surface area contributed by atoms with E-state index in [4.69, 9.17) is 4.74 Å². The number of hydrogen-bond acceptors (Lipinski definition) is 5. The van der Waals surface area contributed by atoms with Crippen molar-refractivity contribution in [1.82, 2.24) is 9.38 Å². The van der Waals surface area contributed by atoms with Crippen LogP contribution in [0.25, 0.3) is 4.96 Å². The van der Waals surface area contributed by atoms with Gasteiger partial charge in [0.15, 0.2) is 11.6 Å². The molecule has 2 aromatic heterocycles. The van der Waals surface area contributed by atoms with E-state index in [9.17, 15) is 9.59 Å². The molecule has 0 aliphatic rings. The fourth-order valence-corrected chi connectivity index (χ4v) is 3.35. The van der Waals surface area contributed by atoms with Crippen molar-refractivity contribution < 1.29 is 14.3 Å². The molecule has 124 valence electrons. The Bertz CT molecular complexity index is 874. The van der Waals surface area contributed by atoms with E-state index in [2.05, 4.69) is 26.2 Å². The van der Waals surface area contributed by atoms with Gasteiger partial charge >= 0.3 is 5.97 Å². The van der Waals surface area contributed by atoms with Gasteiger partial charge in [0.1, 0.15) is 0 Å². The highest BCUT2D eigenvalue weighted by Crippen LogP contribution is 2.19. The molecule has 24 heavy (non-hydrogen) atoms. The topological polar surface area (TPSA) is 72.7 Å². The molecule has 3 aromatic rings. The summed E-state index contributed by atoms with van der Waals surface area (Å²) in [6, 6.07) is 5.52. The van der Waals surface area contributed by atoms with Crippen molar-refractivity contribution >= 4 is 49.8 Å². The van der Waals surface area contributed by atoms with Crippen molar-refractivity contribution in [2.45, 2.75) is 13.3 Å². The average Bonchev–Trinajstić information content (AvgIpc) is 3.09. The molecule has 8 heteroatoms. The molecule has 0 saturated heterocycles. The summed E-state index contributed by atoms with van der Waals surface area (Å²) in [7, 11) is 0. The van der Waals surface area contributed by atoms with Gasteiger partial charge in [0, 0.05) is 27.9 Å². The number of anilines is 1. The van der Waals surface area contributed by atoms with Gasteiger partial charge in [-0.25, -0.2) is 4.98 Å². The van der Waals surface area contributed by atoms with Crippen LogP contribution in [-0.2, 0) is 20.7 Å². The van der Waals surface area contributed by atoms with Gasteiger partial charge in [-0.1, -0.05) is 15.9 Å². The molecular weight excluding hydrogens is 394 g/mol. The van der Waals surface area contributed by atoms with Crippen molar-refractivity contribution in [3.63, 3.8) is 0 Å². The standard InChI is InChI=1S/C16H14BrN3O3S/c1-10-6-11(17)2-3-13(10)19-14(21)9-23-15(22)7-12-8-20-4-5-24-16(20)18-12/h2-6,8H,7,9H2,1H3,(H,19,21). The molecule has 0 bridgehead atoms. The SMILES string of the molecule is Cc1cc(Br)ccc1NC(=O)COC(=O)Cc1cn2ccsc2n1. The highest BCUT2D eigenvalue weighted by atomic mass is 79.9. The maximum Gasteiger partial charge on any atom is 0.312 e. The summed E-state index contributed by atoms with van der Waals surface area (Å²) in [6.07, 6.45) is 3.69. The van der Waals surface area contributed by atoms with E-state index >= 15 is 0 Å². The largest absolute Gasteiger partial charge is 0.455 e. The number of carbonyl (C=O) groups is 2. The molecule has 0 fully saturated rings. The number of imidazole rings is 1. The number of rotatable bonds is 5. The van der Waals surface area contributed by atoms with Gasteiger partial charge in [0.25, 0.3) is 5.91 Å². The van der Waals surface area contributed by atoms with Gasteiger partial charge in [0.05, 0.1) is 12.1 Å². The number of nitrogens with zero attached hydrogens (tertiary/aromatic N) is 2. The molecule has 0 aliphatic carbocycles. The van der Waals surface area contributed by atoms with Crippen LogP contribution in [0.15, 0.2) is 40.4 Å². The second-order valence-corrected chi connectivity index (χ2v) is 6.96. The third-order valence-corrected chi connectivity index (χ3v) is 4.56. The predicted octanol–water partition coefficient (Wildman–Crippen LogP) is 3.19. The molecular formula is C16H14BrN3O3S. The second kappa shape index (κ2) is 7.14. The summed E-state index contributed by atoms with van der Waals surface area (Å²) in [6.45, 7) is 1.56. The van der Waals surface area contributed by atoms with Gasteiger partial charge in [-0.2, -0.15) is 0 Å². The molecule has 0 radical (unpaired) electrons. The first-order valence-corrected chi connectivity index (χ1v) is 8.81. The Labute approximate surface area is 150 Å². The minimum Gasteiger partial charge on any atom is -0.455 e. The number of amides is 1. The Morgan fingerprint density at radius 1 is 1.42 bits per heavy atom. The normalized spacial score (nSPS) is 10.8. The first-order chi connectivity index (χ1) is 11.5. The smallest absolute Gasteiger partial charge is 0.312 e. The first kappa shape index (κ1) is 16.7. The van der Waals surface area contributed by atoms with E-state index in [0.29, 0.717) is 11.4 Å². The minimum atomic E-state index is -0.483. The number of nitrogens with one attached hydrogen (secondary N) is 1. The van der Waals surface area contributed by atoms with E-state index in [1.807, 2.05) is 35.0 Å². The van der Waals surface area contributed by atoms with Crippen LogP contribution in [0.3, 0.4) is 0 Å². The van der Waals surface area contributed by atoms with Gasteiger partial charge in [0.2, 0.25) is 0 Å². The van der Waals surface area contributed by atoms with Crippen LogP contribution in [0, 0.1) is 6.92 Å². The molecule has 1 amide bonds. The lowest BCUT2D eigenvalue weighted by Gasteiger charge is -2.09. The van der Waals surface area contributed by atoms with E-state index in [-0.39, 0.29) is 18.9 Å². The van der Waals surface area contributed by atoms with Crippen molar-refractivity contribution in [2.75, 3.05) is 11.9 Å². The number of thiazole rings is 1. The molecule has 1 aromatic carbocycles. The zero-order chi connectivity index (χ0) is 17.1. The lowest BCUT2D eigenvalue weighted by molar-refractivity contribution is -0.146. The highest BCUT2D eigenvalue weighted by molar-refractivity contribution is 9.10. The monoisotopic (exact) mass is 407 g/mol. The van der Waals surface area contributed by atoms with Crippen molar-refractivity contribution in [3.8, 4) is 0 Å². The fourth-order valence-electron chi connectivity index (χ4n) is 2.16. The molecule has 0 unspecified atom stereocenters. The molecule has 0 aliphatic heterocycles. The quantitative estimate of drug-likeness (QED) is 0.659. The fraction of sp³-hybridized carbons (Fsp3) is 0.188.